The van der Waals surface area contributed by atoms with E-state index in [1.165, 1.54) is 185 Å². The number of benzene rings is 1. The van der Waals surface area contributed by atoms with Crippen molar-refractivity contribution in [1.29, 1.82) is 0 Å². The van der Waals surface area contributed by atoms with Gasteiger partial charge in [-0.1, -0.05) is 97.8 Å². The van der Waals surface area contributed by atoms with E-state index in [1.54, 1.807) is 0 Å². The van der Waals surface area contributed by atoms with Gasteiger partial charge in [0.1, 0.15) is 22.4 Å². The van der Waals surface area contributed by atoms with Crippen LogP contribution in [0.5, 0.6) is 0 Å². The first kappa shape index (κ1) is 39.9. The van der Waals surface area contributed by atoms with E-state index < -0.39 is 0 Å². The summed E-state index contributed by atoms with van der Waals surface area (Å²) in [5, 5.41) is 2.88. The van der Waals surface area contributed by atoms with Crippen LogP contribution in [0.4, 0.5) is 10.0 Å². The third-order valence-electron chi connectivity index (χ3n) is 12.9. The number of aromatic amines is 1. The Morgan fingerprint density at radius 2 is 1.05 bits per heavy atom. The zero-order valence-electron chi connectivity index (χ0n) is 34.3. The molecule has 9 rings (SSSR count). The quantitative estimate of drug-likeness (QED) is 0.0871. The van der Waals surface area contributed by atoms with Crippen molar-refractivity contribution in [3.05, 3.63) is 30.1 Å². The first-order chi connectivity index (χ1) is 28.1. The Kier molecular flexibility index (Phi) is 12.8. The van der Waals surface area contributed by atoms with E-state index >= 15 is 0 Å². The van der Waals surface area contributed by atoms with E-state index in [2.05, 4.69) is 59.8 Å². The third-order valence-corrected chi connectivity index (χ3v) is 18.1. The fraction of sp³-hybridized carbons (Fsp3) is 0.587. The Bertz CT molecular complexity index is 2150. The molecule has 0 spiro atoms. The average Bonchev–Trinajstić information content (AvgIpc) is 4.08. The fourth-order valence-corrected chi connectivity index (χ4v) is 15.1. The van der Waals surface area contributed by atoms with Crippen LogP contribution in [0.1, 0.15) is 136 Å². The van der Waals surface area contributed by atoms with Gasteiger partial charge in [-0.3, -0.25) is 0 Å². The number of nitrogens with one attached hydrogen (secondary N) is 1. The zero-order valence-corrected chi connectivity index (χ0v) is 38.4. The lowest BCUT2D eigenvalue weighted by Crippen LogP contribution is -2.33. The monoisotopic (exact) mass is 856 g/mol. The molecule has 2 saturated heterocycles. The highest BCUT2D eigenvalue weighted by Gasteiger charge is 2.28. The topological polar surface area (TPSA) is 60.9 Å². The summed E-state index contributed by atoms with van der Waals surface area (Å²) < 4.78 is 15.5. The number of aromatic nitrogens is 4. The zero-order chi connectivity index (χ0) is 38.7. The Morgan fingerprint density at radius 3 is 1.56 bits per heavy atom. The number of rotatable bonds is 18. The van der Waals surface area contributed by atoms with Crippen LogP contribution in [0, 0.1) is 11.8 Å². The summed E-state index contributed by atoms with van der Waals surface area (Å²) >= 11 is 9.09. The van der Waals surface area contributed by atoms with Gasteiger partial charge in [0.2, 0.25) is 0 Å². The lowest BCUT2D eigenvalue weighted by Gasteiger charge is -2.32. The van der Waals surface area contributed by atoms with Gasteiger partial charge in [0.15, 0.2) is 0 Å². The second kappa shape index (κ2) is 18.4. The second-order valence-electron chi connectivity index (χ2n) is 17.0. The van der Waals surface area contributed by atoms with Crippen LogP contribution in [0.15, 0.2) is 24.3 Å². The average molecular weight is 857 g/mol. The van der Waals surface area contributed by atoms with Crippen LogP contribution < -0.4 is 9.80 Å². The molecule has 0 bridgehead atoms. The SMILES string of the molecule is CCCCCCCC1CCN(c2cc3sc(-c4c5nsnc5c(-c5cc6sc(N7CCC(CCCCCCC)CC7)cc6s5)c5[nH]c(CCC)nc45)cc3s2)CC1. The summed E-state index contributed by atoms with van der Waals surface area (Å²) in [6, 6.07) is 9.75. The van der Waals surface area contributed by atoms with Gasteiger partial charge in [0, 0.05) is 72.3 Å². The molecule has 0 radical (unpaired) electrons. The Balaban J connectivity index is 0.944. The molecule has 1 aromatic carbocycles. The third kappa shape index (κ3) is 8.57. The van der Waals surface area contributed by atoms with Gasteiger partial charge in [-0.05, 0) is 68.2 Å². The molecule has 0 aliphatic carbocycles. The minimum absolute atomic E-state index is 0.909. The van der Waals surface area contributed by atoms with Crippen molar-refractivity contribution in [1.82, 2.24) is 18.7 Å². The predicted molar refractivity (Wildman–Crippen MR) is 255 cm³/mol. The number of imidazole rings is 1. The van der Waals surface area contributed by atoms with Crippen LogP contribution in [-0.4, -0.2) is 44.9 Å². The summed E-state index contributed by atoms with van der Waals surface area (Å²) in [5.41, 5.74) is 6.48. The molecule has 0 saturated carbocycles. The molecule has 11 heteroatoms. The van der Waals surface area contributed by atoms with Crippen molar-refractivity contribution in [3.8, 4) is 20.9 Å². The summed E-state index contributed by atoms with van der Waals surface area (Å²) in [6.07, 6.45) is 24.1. The van der Waals surface area contributed by atoms with Gasteiger partial charge in [-0.15, -0.1) is 45.3 Å². The summed E-state index contributed by atoms with van der Waals surface area (Å²) in [5.74, 6) is 2.88. The molecule has 7 aromatic rings. The molecule has 0 atom stereocenters. The number of unbranched alkanes of at least 4 members (excludes halogenated alkanes) is 8. The Labute approximate surface area is 359 Å². The molecule has 1 N–H and O–H groups in total. The van der Waals surface area contributed by atoms with Gasteiger partial charge >= 0.3 is 0 Å². The second-order valence-corrected chi connectivity index (χ2v) is 21.8. The van der Waals surface area contributed by atoms with Crippen molar-refractivity contribution >= 4 is 108 Å². The van der Waals surface area contributed by atoms with Gasteiger partial charge in [0.25, 0.3) is 0 Å². The number of anilines is 2. The van der Waals surface area contributed by atoms with Gasteiger partial charge in [-0.25, -0.2) is 4.98 Å². The predicted octanol–water partition coefficient (Wildman–Crippen LogP) is 15.6. The van der Waals surface area contributed by atoms with E-state index in [4.69, 9.17) is 13.7 Å². The highest BCUT2D eigenvalue weighted by Crippen LogP contribution is 2.50. The van der Waals surface area contributed by atoms with E-state index in [1.807, 2.05) is 45.3 Å². The minimum Gasteiger partial charge on any atom is -0.363 e. The highest BCUT2D eigenvalue weighted by atomic mass is 32.1. The maximum atomic E-state index is 5.32. The molecule has 2 aliphatic heterocycles. The van der Waals surface area contributed by atoms with E-state index in [0.29, 0.717) is 0 Å². The Hall–Kier alpha value is -2.57. The number of hydrogen-bond donors (Lipinski definition) is 1. The van der Waals surface area contributed by atoms with Gasteiger partial charge in [-0.2, -0.15) is 8.75 Å². The summed E-state index contributed by atoms with van der Waals surface area (Å²) in [6.45, 7) is 11.6. The first-order valence-corrected chi connectivity index (χ1v) is 26.3. The number of fused-ring (bicyclic) bond motifs is 4. The molecule has 2 aliphatic rings. The smallest absolute Gasteiger partial charge is 0.116 e. The van der Waals surface area contributed by atoms with Gasteiger partial charge < -0.3 is 14.8 Å². The normalized spacial score (nSPS) is 16.2. The largest absolute Gasteiger partial charge is 0.363 e. The molecule has 0 amide bonds. The minimum atomic E-state index is 0.909. The van der Waals surface area contributed by atoms with Crippen LogP contribution in [0.3, 0.4) is 0 Å². The molecule has 6 aromatic heterocycles. The summed E-state index contributed by atoms with van der Waals surface area (Å²) in [4.78, 5) is 17.0. The standard InChI is InChI=1S/C46H60N6S5/c1-4-7-9-11-13-16-30-18-22-51(23-19-30)39-28-34-32(55-39)26-36(53-34)41-43-44(48-38(47-43)15-6-3)42(46-45(41)49-57-50-46)37-27-33-35(54-37)29-40(56-33)52-24-20-31(21-25-52)17-14-12-10-8-5-2/h26-31H,4-25H2,1-3H3,(H,47,48). The lowest BCUT2D eigenvalue weighted by molar-refractivity contribution is 0.367. The number of nitrogens with zero attached hydrogens (tertiary/aromatic N) is 5. The van der Waals surface area contributed by atoms with Crippen LogP contribution in [0.2, 0.25) is 0 Å². The van der Waals surface area contributed by atoms with Crippen molar-refractivity contribution in [3.63, 3.8) is 0 Å². The molecular weight excluding hydrogens is 797 g/mol. The van der Waals surface area contributed by atoms with Crippen LogP contribution in [0.25, 0.3) is 61.7 Å². The van der Waals surface area contributed by atoms with Crippen molar-refractivity contribution < 1.29 is 0 Å². The molecule has 8 heterocycles. The van der Waals surface area contributed by atoms with Crippen LogP contribution >= 0.6 is 57.1 Å². The van der Waals surface area contributed by atoms with E-state index in [0.717, 1.165) is 58.1 Å². The number of aryl methyl sites for hydroxylation is 1. The molecular formula is C46H60N6S5. The maximum absolute atomic E-state index is 5.32. The van der Waals surface area contributed by atoms with Crippen molar-refractivity contribution in [2.45, 2.75) is 136 Å². The van der Waals surface area contributed by atoms with E-state index in [9.17, 15) is 0 Å². The summed E-state index contributed by atoms with van der Waals surface area (Å²) in [7, 11) is 0. The Morgan fingerprint density at radius 1 is 0.561 bits per heavy atom. The molecule has 2 fully saturated rings. The van der Waals surface area contributed by atoms with Crippen molar-refractivity contribution in [2.75, 3.05) is 36.0 Å². The lowest BCUT2D eigenvalue weighted by atomic mass is 9.91. The number of thiophene rings is 4. The van der Waals surface area contributed by atoms with E-state index in [-0.39, 0.29) is 0 Å². The number of H-pyrrole nitrogens is 1. The number of piperidine rings is 2. The fourth-order valence-electron chi connectivity index (χ4n) is 9.52. The van der Waals surface area contributed by atoms with Gasteiger partial charge in [0.05, 0.1) is 27.2 Å². The molecule has 304 valence electrons. The van der Waals surface area contributed by atoms with Crippen molar-refractivity contribution in [2.24, 2.45) is 11.8 Å². The highest BCUT2D eigenvalue weighted by molar-refractivity contribution is 7.32. The maximum Gasteiger partial charge on any atom is 0.116 e. The molecule has 0 unspecified atom stereocenters. The van der Waals surface area contributed by atoms with Crippen LogP contribution in [-0.2, 0) is 6.42 Å². The first-order valence-electron chi connectivity index (χ1n) is 22.3. The molecule has 57 heavy (non-hydrogen) atoms. The molecule has 6 nitrogen and oxygen atoms in total. The number of hydrogen-bond acceptors (Lipinski definition) is 10.